The molecular formula is C11H9NO. The van der Waals surface area contributed by atoms with Gasteiger partial charge in [0.2, 0.25) is 0 Å². The highest BCUT2D eigenvalue weighted by Gasteiger charge is 2.18. The molecule has 2 nitrogen and oxygen atoms in total. The van der Waals surface area contributed by atoms with Gasteiger partial charge in [-0.3, -0.25) is 0 Å². The van der Waals surface area contributed by atoms with Crippen LogP contribution in [0, 0.1) is 0 Å². The number of nitrogens with zero attached hydrogens (tertiary/aromatic N) is 1. The minimum absolute atomic E-state index is 0.933. The van der Waals surface area contributed by atoms with Crippen molar-refractivity contribution in [1.29, 1.82) is 0 Å². The highest BCUT2D eigenvalue weighted by Crippen LogP contribution is 2.32. The van der Waals surface area contributed by atoms with E-state index in [1.165, 1.54) is 5.70 Å². The molecule has 0 unspecified atom stereocenters. The molecule has 64 valence electrons. The summed E-state index contributed by atoms with van der Waals surface area (Å²) in [7, 11) is 0. The molecular weight excluding hydrogens is 162 g/mol. The largest absolute Gasteiger partial charge is 0.470 e. The Hall–Kier alpha value is -1.70. The second-order valence-electron chi connectivity index (χ2n) is 3.18. The van der Waals surface area contributed by atoms with Crippen LogP contribution < -0.4 is 4.90 Å². The van der Waals surface area contributed by atoms with Crippen molar-refractivity contribution in [3.63, 3.8) is 0 Å². The van der Waals surface area contributed by atoms with Gasteiger partial charge in [-0.25, -0.2) is 0 Å². The van der Waals surface area contributed by atoms with Crippen LogP contribution in [0.2, 0.25) is 0 Å². The zero-order valence-corrected chi connectivity index (χ0v) is 7.10. The van der Waals surface area contributed by atoms with Gasteiger partial charge >= 0.3 is 0 Å². The molecule has 0 saturated carbocycles. The number of hydrogen-bond acceptors (Lipinski definition) is 2. The van der Waals surface area contributed by atoms with E-state index in [9.17, 15) is 0 Å². The zero-order chi connectivity index (χ0) is 8.67. The Labute approximate surface area is 76.5 Å². The van der Waals surface area contributed by atoms with Gasteiger partial charge in [-0.1, -0.05) is 12.2 Å². The lowest BCUT2D eigenvalue weighted by Gasteiger charge is -2.28. The monoisotopic (exact) mass is 171 g/mol. The van der Waals surface area contributed by atoms with Crippen LogP contribution in [-0.2, 0) is 0 Å². The Bertz CT molecular complexity index is 423. The van der Waals surface area contributed by atoms with Gasteiger partial charge in [-0.05, 0) is 18.2 Å². The molecule has 0 aliphatic carbocycles. The van der Waals surface area contributed by atoms with E-state index >= 15 is 0 Å². The molecule has 2 aliphatic heterocycles. The average Bonchev–Trinajstić information content (AvgIpc) is 2.65. The van der Waals surface area contributed by atoms with Crippen molar-refractivity contribution in [3.05, 3.63) is 48.1 Å². The summed E-state index contributed by atoms with van der Waals surface area (Å²) in [5.41, 5.74) is 3.56. The second-order valence-corrected chi connectivity index (χ2v) is 3.18. The maximum Gasteiger partial charge on any atom is 0.115 e. The summed E-state index contributed by atoms with van der Waals surface area (Å²) in [6, 6.07) is 0. The predicted octanol–water partition coefficient (Wildman–Crippen LogP) is 2.57. The molecule has 3 heterocycles. The highest BCUT2D eigenvalue weighted by atomic mass is 16.3. The van der Waals surface area contributed by atoms with Crippen molar-refractivity contribution in [2.45, 2.75) is 0 Å². The zero-order valence-electron chi connectivity index (χ0n) is 7.10. The second kappa shape index (κ2) is 2.39. The molecule has 0 spiro atoms. The third-order valence-corrected chi connectivity index (χ3v) is 2.40. The summed E-state index contributed by atoms with van der Waals surface area (Å²) in [5.74, 6) is 0. The number of rotatable bonds is 0. The van der Waals surface area contributed by atoms with Crippen LogP contribution in [-0.4, -0.2) is 6.54 Å². The minimum Gasteiger partial charge on any atom is -0.470 e. The van der Waals surface area contributed by atoms with Gasteiger partial charge in [0, 0.05) is 17.8 Å². The van der Waals surface area contributed by atoms with Crippen LogP contribution in [0.5, 0.6) is 0 Å². The Morgan fingerprint density at radius 3 is 3.23 bits per heavy atom. The van der Waals surface area contributed by atoms with E-state index in [0.717, 1.165) is 17.8 Å². The van der Waals surface area contributed by atoms with Gasteiger partial charge < -0.3 is 9.32 Å². The molecule has 2 heteroatoms. The van der Waals surface area contributed by atoms with E-state index in [1.54, 1.807) is 12.5 Å². The standard InChI is InChI=1S/C11H9NO/c1-2-6-12-10(3-1)5-4-9-7-13-8-11(9)12/h1-5,7-8H,6H2. The fourth-order valence-corrected chi connectivity index (χ4v) is 1.73. The van der Waals surface area contributed by atoms with Crippen LogP contribution in [0.25, 0.3) is 6.08 Å². The van der Waals surface area contributed by atoms with E-state index in [2.05, 4.69) is 35.3 Å². The smallest absolute Gasteiger partial charge is 0.115 e. The molecule has 0 N–H and O–H groups in total. The first kappa shape index (κ1) is 6.78. The average molecular weight is 171 g/mol. The Morgan fingerprint density at radius 2 is 2.23 bits per heavy atom. The van der Waals surface area contributed by atoms with Crippen molar-refractivity contribution < 1.29 is 4.42 Å². The van der Waals surface area contributed by atoms with Gasteiger partial charge in [-0.2, -0.15) is 0 Å². The highest BCUT2D eigenvalue weighted by molar-refractivity contribution is 5.76. The van der Waals surface area contributed by atoms with Crippen LogP contribution in [0.15, 0.2) is 46.9 Å². The molecule has 3 rings (SSSR count). The summed E-state index contributed by atoms with van der Waals surface area (Å²) in [4.78, 5) is 2.23. The minimum atomic E-state index is 0.933. The molecule has 0 atom stereocenters. The van der Waals surface area contributed by atoms with E-state index in [1.807, 2.05) is 0 Å². The molecule has 0 bridgehead atoms. The molecule has 0 saturated heterocycles. The van der Waals surface area contributed by atoms with Gasteiger partial charge in [0.05, 0.1) is 12.0 Å². The number of fused-ring (bicyclic) bond motifs is 3. The molecule has 0 amide bonds. The van der Waals surface area contributed by atoms with Crippen LogP contribution >= 0.6 is 0 Å². The van der Waals surface area contributed by atoms with E-state index in [0.29, 0.717) is 0 Å². The maximum absolute atomic E-state index is 5.17. The summed E-state index contributed by atoms with van der Waals surface area (Å²) in [6.07, 6.45) is 14.1. The first-order valence-corrected chi connectivity index (χ1v) is 4.34. The van der Waals surface area contributed by atoms with E-state index < -0.39 is 0 Å². The van der Waals surface area contributed by atoms with Crippen LogP contribution in [0.4, 0.5) is 5.69 Å². The molecule has 0 fully saturated rings. The molecule has 1 aromatic heterocycles. The molecule has 2 aliphatic rings. The predicted molar refractivity (Wildman–Crippen MR) is 52.3 cm³/mol. The van der Waals surface area contributed by atoms with Crippen LogP contribution in [0.1, 0.15) is 5.56 Å². The number of anilines is 1. The summed E-state index contributed by atoms with van der Waals surface area (Å²) >= 11 is 0. The Morgan fingerprint density at radius 1 is 1.23 bits per heavy atom. The number of hydrogen-bond donors (Lipinski definition) is 0. The van der Waals surface area contributed by atoms with Gasteiger partial charge in [-0.15, -0.1) is 0 Å². The van der Waals surface area contributed by atoms with Crippen LogP contribution in [0.3, 0.4) is 0 Å². The summed E-state index contributed by atoms with van der Waals surface area (Å²) in [6.45, 7) is 0.933. The van der Waals surface area contributed by atoms with Crippen molar-refractivity contribution in [2.75, 3.05) is 11.4 Å². The van der Waals surface area contributed by atoms with Crippen molar-refractivity contribution >= 4 is 11.8 Å². The number of furan rings is 1. The molecule has 13 heavy (non-hydrogen) atoms. The third-order valence-electron chi connectivity index (χ3n) is 2.40. The molecule has 0 radical (unpaired) electrons. The molecule has 0 aromatic carbocycles. The van der Waals surface area contributed by atoms with Gasteiger partial charge in [0.1, 0.15) is 6.26 Å². The topological polar surface area (TPSA) is 16.4 Å². The molecule has 1 aromatic rings. The lowest BCUT2D eigenvalue weighted by molar-refractivity contribution is 0.566. The number of allylic oxidation sites excluding steroid dienone is 3. The van der Waals surface area contributed by atoms with Crippen molar-refractivity contribution in [3.8, 4) is 0 Å². The maximum atomic E-state index is 5.17. The fraction of sp³-hybridized carbons (Fsp3) is 0.0909. The first-order valence-electron chi connectivity index (χ1n) is 4.34. The fourth-order valence-electron chi connectivity index (χ4n) is 1.73. The van der Waals surface area contributed by atoms with Crippen molar-refractivity contribution in [1.82, 2.24) is 0 Å². The summed E-state index contributed by atoms with van der Waals surface area (Å²) < 4.78 is 5.17. The quantitative estimate of drug-likeness (QED) is 0.596. The Balaban J connectivity index is 2.17. The van der Waals surface area contributed by atoms with Crippen molar-refractivity contribution in [2.24, 2.45) is 0 Å². The SMILES string of the molecule is C1=CCN2C(=C1)C=Cc1cocc12. The third kappa shape index (κ3) is 0.886. The first-order chi connectivity index (χ1) is 6.45. The van der Waals surface area contributed by atoms with Gasteiger partial charge in [0.15, 0.2) is 0 Å². The lowest BCUT2D eigenvalue weighted by Crippen LogP contribution is -2.24. The van der Waals surface area contributed by atoms with E-state index in [4.69, 9.17) is 4.42 Å². The van der Waals surface area contributed by atoms with E-state index in [-0.39, 0.29) is 0 Å². The lowest BCUT2D eigenvalue weighted by atomic mass is 10.1. The normalized spacial score (nSPS) is 18.2. The Kier molecular flexibility index (Phi) is 1.25. The summed E-state index contributed by atoms with van der Waals surface area (Å²) in [5, 5.41) is 0. The van der Waals surface area contributed by atoms with Gasteiger partial charge in [0.25, 0.3) is 0 Å².